The van der Waals surface area contributed by atoms with E-state index in [0.717, 1.165) is 42.0 Å². The Balaban J connectivity index is 1.67. The number of methoxy groups -OCH3 is 1. The fourth-order valence-electron chi connectivity index (χ4n) is 4.97. The van der Waals surface area contributed by atoms with Crippen molar-refractivity contribution >= 4 is 39.1 Å². The van der Waals surface area contributed by atoms with E-state index in [1.54, 1.807) is 68.6 Å². The van der Waals surface area contributed by atoms with Crippen molar-refractivity contribution in [3.05, 3.63) is 89.4 Å². The number of hydrogen-bond donors (Lipinski definition) is 1. The molecule has 0 heterocycles. The number of anilines is 1. The molecule has 0 radical (unpaired) electrons. The van der Waals surface area contributed by atoms with Gasteiger partial charge in [0.2, 0.25) is 11.8 Å². The van der Waals surface area contributed by atoms with Crippen LogP contribution in [0, 0.1) is 0 Å². The molecule has 10 heteroatoms. The van der Waals surface area contributed by atoms with Gasteiger partial charge < -0.3 is 15.0 Å². The average molecular weight is 598 g/mol. The standard InChI is InChI=1S/C31H36ClN3O5S/c1-23(31(37)33-26-11-5-3-6-12-26)34(21-24-10-9-13-28(20-24)40-2)30(36)22-35(27-18-16-25(32)17-19-27)41(38,39)29-14-7-4-8-15-29/h4,7-10,13-20,23,26H,3,5-6,11-12,21-22H2,1-2H3,(H,33,37). The summed E-state index contributed by atoms with van der Waals surface area (Å²) in [6.07, 6.45) is 5.07. The molecular weight excluding hydrogens is 562 g/mol. The van der Waals surface area contributed by atoms with Gasteiger partial charge in [0.25, 0.3) is 10.0 Å². The number of amides is 2. The molecular formula is C31H36ClN3O5S. The molecule has 41 heavy (non-hydrogen) atoms. The number of nitrogens with one attached hydrogen (secondary N) is 1. The van der Waals surface area contributed by atoms with Gasteiger partial charge in [0, 0.05) is 17.6 Å². The minimum atomic E-state index is -4.13. The predicted molar refractivity (Wildman–Crippen MR) is 160 cm³/mol. The maximum absolute atomic E-state index is 14.1. The molecule has 0 aromatic heterocycles. The summed E-state index contributed by atoms with van der Waals surface area (Å²) in [6.45, 7) is 1.26. The van der Waals surface area contributed by atoms with Gasteiger partial charge in [-0.1, -0.05) is 61.2 Å². The average Bonchev–Trinajstić information content (AvgIpc) is 2.99. The van der Waals surface area contributed by atoms with Crippen LogP contribution in [0.1, 0.15) is 44.6 Å². The molecule has 1 atom stereocenters. The monoisotopic (exact) mass is 597 g/mol. The van der Waals surface area contributed by atoms with Gasteiger partial charge in [-0.05, 0) is 73.9 Å². The second kappa shape index (κ2) is 13.9. The summed E-state index contributed by atoms with van der Waals surface area (Å²) in [5.41, 5.74) is 1.03. The first-order valence-corrected chi connectivity index (χ1v) is 15.6. The molecule has 1 fully saturated rings. The molecule has 1 aliphatic carbocycles. The van der Waals surface area contributed by atoms with Crippen molar-refractivity contribution in [2.75, 3.05) is 18.0 Å². The number of benzene rings is 3. The molecule has 1 aliphatic rings. The maximum atomic E-state index is 14.1. The molecule has 0 aliphatic heterocycles. The van der Waals surface area contributed by atoms with Crippen LogP contribution in [0.15, 0.2) is 83.8 Å². The van der Waals surface area contributed by atoms with Crippen LogP contribution in [0.2, 0.25) is 5.02 Å². The minimum absolute atomic E-state index is 0.0465. The predicted octanol–water partition coefficient (Wildman–Crippen LogP) is 5.41. The van der Waals surface area contributed by atoms with E-state index in [4.69, 9.17) is 16.3 Å². The molecule has 1 saturated carbocycles. The second-order valence-electron chi connectivity index (χ2n) is 10.2. The number of sulfonamides is 1. The van der Waals surface area contributed by atoms with Crippen molar-refractivity contribution in [3.63, 3.8) is 0 Å². The summed E-state index contributed by atoms with van der Waals surface area (Å²) >= 11 is 6.08. The van der Waals surface area contributed by atoms with E-state index in [-0.39, 0.29) is 29.1 Å². The summed E-state index contributed by atoms with van der Waals surface area (Å²) in [6, 6.07) is 20.7. The van der Waals surface area contributed by atoms with Crippen molar-refractivity contribution < 1.29 is 22.7 Å². The van der Waals surface area contributed by atoms with Gasteiger partial charge in [0.1, 0.15) is 18.3 Å². The number of carbonyl (C=O) groups excluding carboxylic acids is 2. The quantitative estimate of drug-likeness (QED) is 0.319. The highest BCUT2D eigenvalue weighted by atomic mass is 35.5. The number of ether oxygens (including phenoxy) is 1. The van der Waals surface area contributed by atoms with E-state index in [0.29, 0.717) is 10.8 Å². The maximum Gasteiger partial charge on any atom is 0.264 e. The lowest BCUT2D eigenvalue weighted by Crippen LogP contribution is -2.53. The molecule has 8 nitrogen and oxygen atoms in total. The SMILES string of the molecule is COc1cccc(CN(C(=O)CN(c2ccc(Cl)cc2)S(=O)(=O)c2ccccc2)C(C)C(=O)NC2CCCCC2)c1. The van der Waals surface area contributed by atoms with Crippen molar-refractivity contribution in [3.8, 4) is 5.75 Å². The first-order valence-electron chi connectivity index (χ1n) is 13.7. The highest BCUT2D eigenvalue weighted by molar-refractivity contribution is 7.92. The summed E-state index contributed by atoms with van der Waals surface area (Å²) in [5, 5.41) is 3.54. The Labute approximate surface area is 247 Å². The van der Waals surface area contributed by atoms with Gasteiger partial charge in [0.05, 0.1) is 17.7 Å². The largest absolute Gasteiger partial charge is 0.497 e. The van der Waals surface area contributed by atoms with Crippen LogP contribution in [0.25, 0.3) is 0 Å². The van der Waals surface area contributed by atoms with Crippen LogP contribution in [-0.2, 0) is 26.2 Å². The van der Waals surface area contributed by atoms with Crippen molar-refractivity contribution in [2.24, 2.45) is 0 Å². The number of nitrogens with zero attached hydrogens (tertiary/aromatic N) is 2. The van der Waals surface area contributed by atoms with E-state index in [1.807, 2.05) is 12.1 Å². The number of halogens is 1. The summed E-state index contributed by atoms with van der Waals surface area (Å²) in [4.78, 5) is 28.9. The van der Waals surface area contributed by atoms with Crippen molar-refractivity contribution in [1.29, 1.82) is 0 Å². The molecule has 4 rings (SSSR count). The molecule has 0 spiro atoms. The van der Waals surface area contributed by atoms with Crippen molar-refractivity contribution in [2.45, 2.75) is 62.6 Å². The lowest BCUT2D eigenvalue weighted by atomic mass is 9.95. The first-order chi connectivity index (χ1) is 19.7. The third-order valence-electron chi connectivity index (χ3n) is 7.33. The van der Waals surface area contributed by atoms with E-state index >= 15 is 0 Å². The Kier molecular flexibility index (Phi) is 10.3. The van der Waals surface area contributed by atoms with Crippen LogP contribution in [0.4, 0.5) is 5.69 Å². The minimum Gasteiger partial charge on any atom is -0.497 e. The molecule has 1 unspecified atom stereocenters. The second-order valence-corrected chi connectivity index (χ2v) is 12.5. The third kappa shape index (κ3) is 7.80. The van der Waals surface area contributed by atoms with Crippen molar-refractivity contribution in [1.82, 2.24) is 10.2 Å². The molecule has 2 amide bonds. The van der Waals surface area contributed by atoms with Crippen LogP contribution in [-0.4, -0.2) is 50.9 Å². The van der Waals surface area contributed by atoms with Gasteiger partial charge in [-0.15, -0.1) is 0 Å². The first kappa shape index (κ1) is 30.4. The Hall–Kier alpha value is -3.56. The molecule has 0 saturated heterocycles. The Bertz CT molecular complexity index is 1430. The van der Waals surface area contributed by atoms with Crippen LogP contribution >= 0.6 is 11.6 Å². The Morgan fingerprint density at radius 2 is 1.66 bits per heavy atom. The van der Waals surface area contributed by atoms with Gasteiger partial charge >= 0.3 is 0 Å². The number of rotatable bonds is 11. The number of hydrogen-bond acceptors (Lipinski definition) is 5. The lowest BCUT2D eigenvalue weighted by molar-refractivity contribution is -0.139. The molecule has 218 valence electrons. The zero-order chi connectivity index (χ0) is 29.4. The summed E-state index contributed by atoms with van der Waals surface area (Å²) in [5.74, 6) is -0.172. The van der Waals surface area contributed by atoms with Gasteiger partial charge in [0.15, 0.2) is 0 Å². The van der Waals surface area contributed by atoms with E-state index in [2.05, 4.69) is 5.32 Å². The highest BCUT2D eigenvalue weighted by Crippen LogP contribution is 2.26. The topological polar surface area (TPSA) is 96.0 Å². The molecule has 3 aromatic carbocycles. The van der Waals surface area contributed by atoms with E-state index in [9.17, 15) is 18.0 Å². The number of carbonyl (C=O) groups is 2. The van der Waals surface area contributed by atoms with Gasteiger partial charge in [-0.2, -0.15) is 0 Å². The highest BCUT2D eigenvalue weighted by Gasteiger charge is 2.33. The molecule has 0 bridgehead atoms. The smallest absolute Gasteiger partial charge is 0.264 e. The summed E-state index contributed by atoms with van der Waals surface area (Å²) < 4.78 is 34.0. The van der Waals surface area contributed by atoms with Crippen LogP contribution in [0.5, 0.6) is 5.75 Å². The Morgan fingerprint density at radius 1 is 0.976 bits per heavy atom. The van der Waals surface area contributed by atoms with Gasteiger partial charge in [-0.3, -0.25) is 13.9 Å². The van der Waals surface area contributed by atoms with E-state index in [1.165, 1.54) is 17.0 Å². The zero-order valence-corrected chi connectivity index (χ0v) is 24.9. The van der Waals surface area contributed by atoms with E-state index < -0.39 is 28.5 Å². The molecule has 3 aromatic rings. The van der Waals surface area contributed by atoms with Crippen LogP contribution < -0.4 is 14.4 Å². The fraction of sp³-hybridized carbons (Fsp3) is 0.355. The van der Waals surface area contributed by atoms with Gasteiger partial charge in [-0.25, -0.2) is 8.42 Å². The summed E-state index contributed by atoms with van der Waals surface area (Å²) in [7, 11) is -2.57. The van der Waals surface area contributed by atoms with Crippen LogP contribution in [0.3, 0.4) is 0 Å². The Morgan fingerprint density at radius 3 is 2.32 bits per heavy atom. The molecule has 1 N–H and O–H groups in total. The third-order valence-corrected chi connectivity index (χ3v) is 9.37. The fourth-order valence-corrected chi connectivity index (χ4v) is 6.54. The lowest BCUT2D eigenvalue weighted by Gasteiger charge is -2.33. The zero-order valence-electron chi connectivity index (χ0n) is 23.3. The normalized spacial score (nSPS) is 14.6.